The molecular weight excluding hydrogens is 378 g/mol. The zero-order valence-corrected chi connectivity index (χ0v) is 18.3. The quantitative estimate of drug-likeness (QED) is 0.536. The first-order chi connectivity index (χ1) is 14.3. The molecule has 0 saturated heterocycles. The molecule has 3 aromatic rings. The second kappa shape index (κ2) is 9.69. The molecule has 1 aromatic carbocycles. The van der Waals surface area contributed by atoms with Crippen LogP contribution in [-0.4, -0.2) is 38.0 Å². The third-order valence-corrected chi connectivity index (χ3v) is 4.62. The second-order valence-electron chi connectivity index (χ2n) is 8.51. The molecule has 0 saturated carbocycles. The number of carbonyl (C=O) groups excluding carboxylic acids is 1. The van der Waals surface area contributed by atoms with E-state index in [1.165, 1.54) is 0 Å². The summed E-state index contributed by atoms with van der Waals surface area (Å²) < 4.78 is 7.21. The van der Waals surface area contributed by atoms with Gasteiger partial charge in [0.05, 0.1) is 17.2 Å². The van der Waals surface area contributed by atoms with Gasteiger partial charge in [0.2, 0.25) is 0 Å². The van der Waals surface area contributed by atoms with Crippen LogP contribution in [0.1, 0.15) is 52.0 Å². The first-order valence-corrected chi connectivity index (χ1v) is 10.5. The molecule has 2 aromatic heterocycles. The number of nitrogens with one attached hydrogen (secondary N) is 1. The highest BCUT2D eigenvalue weighted by atomic mass is 16.6. The van der Waals surface area contributed by atoms with Crippen molar-refractivity contribution in [2.45, 2.75) is 65.5 Å². The third kappa shape index (κ3) is 6.27. The summed E-state index contributed by atoms with van der Waals surface area (Å²) in [5.74, 6) is 0. The molecule has 160 valence electrons. The number of benzene rings is 1. The molecular formula is C23H31N5O2. The number of nitrogens with zero attached hydrogens (tertiary/aromatic N) is 4. The number of aryl methyl sites for hydroxylation is 2. The Morgan fingerprint density at radius 2 is 1.83 bits per heavy atom. The van der Waals surface area contributed by atoms with E-state index in [1.54, 1.807) is 6.20 Å². The topological polar surface area (TPSA) is 81.9 Å². The molecule has 1 amide bonds. The van der Waals surface area contributed by atoms with Gasteiger partial charge in [-0.1, -0.05) is 25.0 Å². The molecule has 1 N–H and O–H groups in total. The Hall–Kier alpha value is -2.96. The number of fused-ring (bicyclic) bond motifs is 1. The van der Waals surface area contributed by atoms with Gasteiger partial charge in [-0.15, -0.1) is 0 Å². The summed E-state index contributed by atoms with van der Waals surface area (Å²) >= 11 is 0. The molecule has 2 heterocycles. The predicted octanol–water partition coefficient (Wildman–Crippen LogP) is 4.89. The van der Waals surface area contributed by atoms with Crippen molar-refractivity contribution in [1.29, 1.82) is 0 Å². The van der Waals surface area contributed by atoms with Gasteiger partial charge in [0.25, 0.3) is 0 Å². The highest BCUT2D eigenvalue weighted by Crippen LogP contribution is 2.21. The number of rotatable bonds is 8. The number of alkyl carbamates (subject to hydrolysis) is 1. The molecule has 0 aliphatic heterocycles. The largest absolute Gasteiger partial charge is 0.444 e. The highest BCUT2D eigenvalue weighted by Gasteiger charge is 2.15. The van der Waals surface area contributed by atoms with Crippen LogP contribution in [0.2, 0.25) is 0 Å². The molecule has 0 bridgehead atoms. The molecule has 7 nitrogen and oxygen atoms in total. The minimum atomic E-state index is -0.455. The fraction of sp³-hybridized carbons (Fsp3) is 0.478. The average molecular weight is 410 g/mol. The van der Waals surface area contributed by atoms with Crippen molar-refractivity contribution in [3.63, 3.8) is 0 Å². The van der Waals surface area contributed by atoms with Gasteiger partial charge in [-0.05, 0) is 58.2 Å². The highest BCUT2D eigenvalue weighted by molar-refractivity contribution is 5.76. The molecule has 0 unspecified atom stereocenters. The molecule has 0 aliphatic rings. The van der Waals surface area contributed by atoms with Crippen LogP contribution in [0.15, 0.2) is 36.7 Å². The molecule has 7 heteroatoms. The standard InChI is InChI=1S/C23H31N5O2/c1-17-16-28(14-10-6-5-9-13-24-22(29)30-23(2,3)4)27-21(17)20-15-25-18-11-7-8-12-19(18)26-20/h7-8,11-12,15-16H,5-6,9-10,13-14H2,1-4H3,(H,24,29). The molecule has 0 fully saturated rings. The Morgan fingerprint density at radius 1 is 1.10 bits per heavy atom. The summed E-state index contributed by atoms with van der Waals surface area (Å²) in [5.41, 5.74) is 4.10. The van der Waals surface area contributed by atoms with Gasteiger partial charge in [0.15, 0.2) is 0 Å². The maximum absolute atomic E-state index is 11.6. The normalized spacial score (nSPS) is 11.6. The summed E-state index contributed by atoms with van der Waals surface area (Å²) in [6.07, 6.45) is 7.62. The van der Waals surface area contributed by atoms with Gasteiger partial charge < -0.3 is 10.1 Å². The lowest BCUT2D eigenvalue weighted by atomic mass is 10.2. The van der Waals surface area contributed by atoms with Crippen molar-refractivity contribution in [3.05, 3.63) is 42.2 Å². The van der Waals surface area contributed by atoms with Crippen molar-refractivity contribution in [2.24, 2.45) is 0 Å². The fourth-order valence-corrected chi connectivity index (χ4v) is 3.22. The fourth-order valence-electron chi connectivity index (χ4n) is 3.22. The van der Waals surface area contributed by atoms with Crippen LogP contribution in [-0.2, 0) is 11.3 Å². The lowest BCUT2D eigenvalue weighted by molar-refractivity contribution is 0.0527. The van der Waals surface area contributed by atoms with Crippen molar-refractivity contribution >= 4 is 17.1 Å². The van der Waals surface area contributed by atoms with Gasteiger partial charge in [-0.3, -0.25) is 9.67 Å². The summed E-state index contributed by atoms with van der Waals surface area (Å²) in [7, 11) is 0. The Labute approximate surface area is 177 Å². The second-order valence-corrected chi connectivity index (χ2v) is 8.51. The number of hydrogen-bond acceptors (Lipinski definition) is 5. The first kappa shape index (κ1) is 21.7. The molecule has 30 heavy (non-hydrogen) atoms. The predicted molar refractivity (Wildman–Crippen MR) is 118 cm³/mol. The van der Waals surface area contributed by atoms with Crippen LogP contribution in [0, 0.1) is 6.92 Å². The van der Waals surface area contributed by atoms with E-state index in [0.717, 1.165) is 60.2 Å². The zero-order chi connectivity index (χ0) is 21.6. The summed E-state index contributed by atoms with van der Waals surface area (Å²) in [6.45, 7) is 9.14. The van der Waals surface area contributed by atoms with Gasteiger partial charge in [0.1, 0.15) is 17.0 Å². The smallest absolute Gasteiger partial charge is 0.407 e. The molecule has 0 radical (unpaired) electrons. The van der Waals surface area contributed by atoms with Gasteiger partial charge in [0, 0.05) is 19.3 Å². The summed E-state index contributed by atoms with van der Waals surface area (Å²) in [5, 5.41) is 7.52. The van der Waals surface area contributed by atoms with E-state index in [4.69, 9.17) is 14.8 Å². The maximum atomic E-state index is 11.6. The molecule has 0 atom stereocenters. The van der Waals surface area contributed by atoms with E-state index in [2.05, 4.69) is 23.4 Å². The van der Waals surface area contributed by atoms with Crippen LogP contribution in [0.3, 0.4) is 0 Å². The van der Waals surface area contributed by atoms with Crippen LogP contribution >= 0.6 is 0 Å². The molecule has 3 rings (SSSR count). The SMILES string of the molecule is Cc1cn(CCCCCCNC(=O)OC(C)(C)C)nc1-c1cnc2ccccc2n1. The molecule has 0 spiro atoms. The van der Waals surface area contributed by atoms with Crippen LogP contribution in [0.25, 0.3) is 22.4 Å². The van der Waals surface area contributed by atoms with Crippen LogP contribution in [0.4, 0.5) is 4.79 Å². The van der Waals surface area contributed by atoms with Crippen molar-refractivity contribution in [3.8, 4) is 11.4 Å². The lowest BCUT2D eigenvalue weighted by Gasteiger charge is -2.19. The van der Waals surface area contributed by atoms with Gasteiger partial charge >= 0.3 is 6.09 Å². The summed E-state index contributed by atoms with van der Waals surface area (Å²) in [6, 6.07) is 7.86. The number of para-hydroxylation sites is 2. The van der Waals surface area contributed by atoms with E-state index < -0.39 is 5.60 Å². The van der Waals surface area contributed by atoms with Gasteiger partial charge in [-0.2, -0.15) is 5.10 Å². The Morgan fingerprint density at radius 3 is 2.60 bits per heavy atom. The van der Waals surface area contributed by atoms with E-state index in [1.807, 2.05) is 49.7 Å². The third-order valence-electron chi connectivity index (χ3n) is 4.62. The van der Waals surface area contributed by atoms with Crippen molar-refractivity contribution in [1.82, 2.24) is 25.1 Å². The monoisotopic (exact) mass is 409 g/mol. The zero-order valence-electron chi connectivity index (χ0n) is 18.3. The number of ether oxygens (including phenoxy) is 1. The Bertz CT molecular complexity index is 991. The minimum Gasteiger partial charge on any atom is -0.444 e. The van der Waals surface area contributed by atoms with Crippen LogP contribution in [0.5, 0.6) is 0 Å². The van der Waals surface area contributed by atoms with E-state index in [9.17, 15) is 4.79 Å². The number of hydrogen-bond donors (Lipinski definition) is 1. The molecule has 0 aliphatic carbocycles. The number of carbonyl (C=O) groups is 1. The maximum Gasteiger partial charge on any atom is 0.407 e. The van der Waals surface area contributed by atoms with Crippen molar-refractivity contribution in [2.75, 3.05) is 6.54 Å². The van der Waals surface area contributed by atoms with E-state index in [-0.39, 0.29) is 6.09 Å². The average Bonchev–Trinajstić information content (AvgIpc) is 3.06. The number of aromatic nitrogens is 4. The Balaban J connectivity index is 1.42. The van der Waals surface area contributed by atoms with E-state index >= 15 is 0 Å². The van der Waals surface area contributed by atoms with Crippen LogP contribution < -0.4 is 5.32 Å². The number of unbranched alkanes of at least 4 members (excludes halogenated alkanes) is 3. The minimum absolute atomic E-state index is 0.348. The van der Waals surface area contributed by atoms with Crippen molar-refractivity contribution < 1.29 is 9.53 Å². The summed E-state index contributed by atoms with van der Waals surface area (Å²) in [4.78, 5) is 20.8. The number of amides is 1. The van der Waals surface area contributed by atoms with E-state index in [0.29, 0.717) is 6.54 Å². The first-order valence-electron chi connectivity index (χ1n) is 10.5. The Kier molecular flexibility index (Phi) is 7.03. The van der Waals surface area contributed by atoms with Gasteiger partial charge in [-0.25, -0.2) is 9.78 Å². The lowest BCUT2D eigenvalue weighted by Crippen LogP contribution is -2.32.